The van der Waals surface area contributed by atoms with Gasteiger partial charge in [0.25, 0.3) is 0 Å². The van der Waals surface area contributed by atoms with E-state index < -0.39 is 16.1 Å². The predicted molar refractivity (Wildman–Crippen MR) is 73.1 cm³/mol. The van der Waals surface area contributed by atoms with Crippen LogP contribution in [0.4, 0.5) is 0 Å². The summed E-state index contributed by atoms with van der Waals surface area (Å²) in [6.07, 6.45) is 1.85. The maximum absolute atomic E-state index is 11.9. The molecule has 1 aromatic rings. The average Bonchev–Trinajstić information content (AvgIpc) is 2.31. The maximum Gasteiger partial charge on any atom is 0.243 e. The molecule has 0 fully saturated rings. The molecule has 8 heteroatoms. The van der Waals surface area contributed by atoms with E-state index in [1.807, 2.05) is 6.92 Å². The lowest BCUT2D eigenvalue weighted by Crippen LogP contribution is -2.27. The summed E-state index contributed by atoms with van der Waals surface area (Å²) in [5.74, 6) is 0. The van der Waals surface area contributed by atoms with Gasteiger partial charge in [-0.15, -0.1) is 0 Å². The van der Waals surface area contributed by atoms with Gasteiger partial charge < -0.3 is 5.11 Å². The molecule has 2 N–H and O–H groups in total. The molecular weight excluding hydrogens is 344 g/mol. The fraction of sp³-hybridized carbons (Fsp3) is 0.500. The zero-order valence-electron chi connectivity index (χ0n) is 9.73. The minimum Gasteiger partial charge on any atom is -0.393 e. The number of hydrogen-bond donors (Lipinski definition) is 2. The van der Waals surface area contributed by atoms with Crippen LogP contribution in [0.2, 0.25) is 5.15 Å². The predicted octanol–water partition coefficient (Wildman–Crippen LogP) is 1.94. The summed E-state index contributed by atoms with van der Waals surface area (Å²) in [6.45, 7) is 1.98. The highest BCUT2D eigenvalue weighted by molar-refractivity contribution is 9.10. The van der Waals surface area contributed by atoms with Crippen LogP contribution >= 0.6 is 27.5 Å². The van der Waals surface area contributed by atoms with E-state index in [0.717, 1.165) is 0 Å². The Morgan fingerprint density at radius 1 is 1.61 bits per heavy atom. The number of hydrogen-bond acceptors (Lipinski definition) is 4. The van der Waals surface area contributed by atoms with Crippen LogP contribution in [0.5, 0.6) is 0 Å². The van der Waals surface area contributed by atoms with Crippen LogP contribution in [0.3, 0.4) is 0 Å². The second-order valence-corrected chi connectivity index (χ2v) is 6.70. The topological polar surface area (TPSA) is 79.3 Å². The molecule has 18 heavy (non-hydrogen) atoms. The Hall–Kier alpha value is -0.210. The molecule has 0 aliphatic rings. The molecule has 1 aromatic heterocycles. The third-order valence-corrected chi connectivity index (χ3v) is 4.63. The maximum atomic E-state index is 11.9. The molecule has 0 aliphatic carbocycles. The molecule has 0 radical (unpaired) electrons. The van der Waals surface area contributed by atoms with Crippen molar-refractivity contribution in [3.63, 3.8) is 0 Å². The zero-order valence-corrected chi connectivity index (χ0v) is 12.9. The van der Waals surface area contributed by atoms with Crippen LogP contribution in [0.25, 0.3) is 0 Å². The first-order valence-electron chi connectivity index (χ1n) is 5.35. The van der Waals surface area contributed by atoms with Crippen LogP contribution in [-0.2, 0) is 10.0 Å². The average molecular weight is 358 g/mol. The normalized spacial score (nSPS) is 13.6. The number of rotatable bonds is 6. The Morgan fingerprint density at radius 3 is 2.89 bits per heavy atom. The minimum atomic E-state index is -3.70. The summed E-state index contributed by atoms with van der Waals surface area (Å²) >= 11 is 8.89. The van der Waals surface area contributed by atoms with Crippen molar-refractivity contribution in [1.82, 2.24) is 9.71 Å². The number of halogens is 2. The molecule has 5 nitrogen and oxygen atoms in total. The van der Waals surface area contributed by atoms with Crippen LogP contribution < -0.4 is 4.72 Å². The van der Waals surface area contributed by atoms with Crippen LogP contribution in [0.15, 0.2) is 21.6 Å². The lowest BCUT2D eigenvalue weighted by atomic mass is 10.2. The van der Waals surface area contributed by atoms with Crippen molar-refractivity contribution in [2.24, 2.45) is 0 Å². The van der Waals surface area contributed by atoms with E-state index in [-0.39, 0.29) is 16.6 Å². The third-order valence-electron chi connectivity index (χ3n) is 2.30. The first-order chi connectivity index (χ1) is 8.36. The molecule has 102 valence electrons. The molecule has 0 spiro atoms. The molecule has 0 saturated heterocycles. The molecule has 1 rings (SSSR count). The van der Waals surface area contributed by atoms with Crippen molar-refractivity contribution < 1.29 is 13.5 Å². The summed E-state index contributed by atoms with van der Waals surface area (Å²) in [6, 6.07) is 1.38. The summed E-state index contributed by atoms with van der Waals surface area (Å²) in [7, 11) is -3.70. The van der Waals surface area contributed by atoms with Gasteiger partial charge in [0.1, 0.15) is 10.0 Å². The zero-order chi connectivity index (χ0) is 13.8. The van der Waals surface area contributed by atoms with Crippen molar-refractivity contribution in [3.05, 3.63) is 21.9 Å². The lowest BCUT2D eigenvalue weighted by Gasteiger charge is -2.10. The highest BCUT2D eigenvalue weighted by Crippen LogP contribution is 2.22. The van der Waals surface area contributed by atoms with Gasteiger partial charge in [0.15, 0.2) is 0 Å². The van der Waals surface area contributed by atoms with Gasteiger partial charge >= 0.3 is 0 Å². The van der Waals surface area contributed by atoms with Gasteiger partial charge in [-0.2, -0.15) is 0 Å². The number of pyridine rings is 1. The number of nitrogens with zero attached hydrogens (tertiary/aromatic N) is 1. The Balaban J connectivity index is 2.77. The van der Waals surface area contributed by atoms with E-state index in [2.05, 4.69) is 25.6 Å². The van der Waals surface area contributed by atoms with Crippen molar-refractivity contribution >= 4 is 37.6 Å². The molecule has 1 atom stereocenters. The van der Waals surface area contributed by atoms with Gasteiger partial charge in [0, 0.05) is 17.2 Å². The first-order valence-corrected chi connectivity index (χ1v) is 8.01. The fourth-order valence-electron chi connectivity index (χ4n) is 1.23. The number of aromatic nitrogens is 1. The number of aliphatic hydroxyl groups is 1. The summed E-state index contributed by atoms with van der Waals surface area (Å²) < 4.78 is 26.8. The number of sulfonamides is 1. The fourth-order valence-corrected chi connectivity index (χ4v) is 3.22. The largest absolute Gasteiger partial charge is 0.393 e. The van der Waals surface area contributed by atoms with Gasteiger partial charge in [-0.3, -0.25) is 0 Å². The van der Waals surface area contributed by atoms with E-state index in [1.54, 1.807) is 0 Å². The second kappa shape index (κ2) is 6.81. The van der Waals surface area contributed by atoms with Gasteiger partial charge in [-0.05, 0) is 34.8 Å². The Morgan fingerprint density at radius 2 is 2.28 bits per heavy atom. The summed E-state index contributed by atoms with van der Waals surface area (Å²) in [4.78, 5) is 3.68. The van der Waals surface area contributed by atoms with E-state index >= 15 is 0 Å². The molecule has 0 aromatic carbocycles. The Kier molecular flexibility index (Phi) is 6.00. The third kappa shape index (κ3) is 4.47. The Labute approximate surface area is 120 Å². The molecule has 0 amide bonds. The highest BCUT2D eigenvalue weighted by atomic mass is 79.9. The molecule has 0 bridgehead atoms. The number of nitrogens with one attached hydrogen (secondary N) is 1. The monoisotopic (exact) mass is 356 g/mol. The summed E-state index contributed by atoms with van der Waals surface area (Å²) in [5.41, 5.74) is 0. The van der Waals surface area contributed by atoms with E-state index in [0.29, 0.717) is 17.3 Å². The Bertz CT molecular complexity index is 510. The van der Waals surface area contributed by atoms with Crippen molar-refractivity contribution in [2.45, 2.75) is 30.8 Å². The molecule has 1 heterocycles. The van der Waals surface area contributed by atoms with E-state index in [1.165, 1.54) is 12.3 Å². The minimum absolute atomic E-state index is 0.0791. The van der Waals surface area contributed by atoms with Gasteiger partial charge in [0.2, 0.25) is 10.0 Å². The van der Waals surface area contributed by atoms with E-state index in [4.69, 9.17) is 11.6 Å². The SMILES string of the molecule is CCC(O)CCNS(=O)(=O)c1cc(Br)cnc1Cl. The van der Waals surface area contributed by atoms with Crippen molar-refractivity contribution in [1.29, 1.82) is 0 Å². The van der Waals surface area contributed by atoms with Crippen LogP contribution in [0, 0.1) is 0 Å². The van der Waals surface area contributed by atoms with E-state index in [9.17, 15) is 13.5 Å². The number of aliphatic hydroxyl groups excluding tert-OH is 1. The van der Waals surface area contributed by atoms with Crippen LogP contribution in [-0.4, -0.2) is 31.2 Å². The summed E-state index contributed by atoms with van der Waals surface area (Å²) in [5, 5.41) is 9.26. The smallest absolute Gasteiger partial charge is 0.243 e. The lowest BCUT2D eigenvalue weighted by molar-refractivity contribution is 0.162. The second-order valence-electron chi connectivity index (χ2n) is 3.69. The standard InChI is InChI=1S/C10H14BrClN2O3S/c1-2-8(15)3-4-14-18(16,17)9-5-7(11)6-13-10(9)12/h5-6,8,14-15H,2-4H2,1H3. The first kappa shape index (κ1) is 15.8. The van der Waals surface area contributed by atoms with Crippen molar-refractivity contribution in [3.8, 4) is 0 Å². The molecule has 1 unspecified atom stereocenters. The van der Waals surface area contributed by atoms with Crippen LogP contribution in [0.1, 0.15) is 19.8 Å². The molecular formula is C10H14BrClN2O3S. The van der Waals surface area contributed by atoms with Gasteiger partial charge in [-0.1, -0.05) is 18.5 Å². The van der Waals surface area contributed by atoms with Crippen molar-refractivity contribution in [2.75, 3.05) is 6.54 Å². The molecule has 0 aliphatic heterocycles. The quantitative estimate of drug-likeness (QED) is 0.763. The highest BCUT2D eigenvalue weighted by Gasteiger charge is 2.19. The van der Waals surface area contributed by atoms with Gasteiger partial charge in [-0.25, -0.2) is 18.1 Å². The van der Waals surface area contributed by atoms with Gasteiger partial charge in [0.05, 0.1) is 6.10 Å². The molecule has 0 saturated carbocycles.